The highest BCUT2D eigenvalue weighted by Gasteiger charge is 2.33. The molecule has 2 aromatic carbocycles. The van der Waals surface area contributed by atoms with Gasteiger partial charge in [0.1, 0.15) is 6.61 Å². The third-order valence-corrected chi connectivity index (χ3v) is 4.75. The molecule has 0 spiro atoms. The fourth-order valence-corrected chi connectivity index (χ4v) is 2.39. The Kier molecular flexibility index (Phi) is 12.9. The first kappa shape index (κ1) is 27.8. The molecule has 1 N–H and O–H groups in total. The number of alkyl halides is 3. The van der Waals surface area contributed by atoms with Crippen molar-refractivity contribution in [2.75, 3.05) is 6.61 Å². The lowest BCUT2D eigenvalue weighted by Gasteiger charge is -2.08. The van der Waals surface area contributed by atoms with Gasteiger partial charge in [-0.1, -0.05) is 60.5 Å². The number of ketones is 1. The Bertz CT molecular complexity index is 822. The average Bonchev–Trinajstić information content (AvgIpc) is 2.73. The van der Waals surface area contributed by atoms with Gasteiger partial charge in [-0.25, -0.2) is 0 Å². The molecule has 7 heteroatoms. The first-order valence-electron chi connectivity index (χ1n) is 9.45. The third-order valence-electron chi connectivity index (χ3n) is 4.22. The van der Waals surface area contributed by atoms with Crippen LogP contribution in [0.25, 0.3) is 0 Å². The second-order valence-corrected chi connectivity index (χ2v) is 7.49. The molecule has 0 amide bonds. The average molecular weight is 486 g/mol. The van der Waals surface area contributed by atoms with Crippen LogP contribution >= 0.6 is 15.9 Å². The van der Waals surface area contributed by atoms with Crippen molar-refractivity contribution in [1.82, 2.24) is 0 Å². The van der Waals surface area contributed by atoms with Gasteiger partial charge in [-0.2, -0.15) is 18.4 Å². The van der Waals surface area contributed by atoms with Gasteiger partial charge < -0.3 is 5.11 Å². The van der Waals surface area contributed by atoms with Crippen LogP contribution in [0.15, 0.2) is 46.9 Å². The van der Waals surface area contributed by atoms with Gasteiger partial charge in [0.2, 0.25) is 0 Å². The maximum atomic E-state index is 12.3. The van der Waals surface area contributed by atoms with Gasteiger partial charge in [0.05, 0.1) is 17.2 Å². The summed E-state index contributed by atoms with van der Waals surface area (Å²) in [5.74, 6) is 0.582. The summed E-state index contributed by atoms with van der Waals surface area (Å²) in [6, 6.07) is 13.7. The monoisotopic (exact) mass is 485 g/mol. The standard InChI is InChI=1S/C10H13Br.C9H6F3N.C4H8O2/c1-3-8(2)9-4-6-10(11)7-5-9;1-6-2-3-7(5-13)8(4-6)9(10,11)12;1-2-4(6)3-5/h4-8H,3H2,1-2H3;2-4H,1H3;5H,2-3H2,1H3. The second-order valence-electron chi connectivity index (χ2n) is 6.57. The lowest BCUT2D eigenvalue weighted by atomic mass is 9.99. The quantitative estimate of drug-likeness (QED) is 0.517. The minimum atomic E-state index is -4.45. The molecule has 0 saturated carbocycles. The van der Waals surface area contributed by atoms with Crippen molar-refractivity contribution < 1.29 is 23.1 Å². The maximum absolute atomic E-state index is 12.3. The van der Waals surface area contributed by atoms with E-state index in [4.69, 9.17) is 10.4 Å². The number of carbonyl (C=O) groups excluding carboxylic acids is 1. The smallest absolute Gasteiger partial charge is 0.389 e. The van der Waals surface area contributed by atoms with Crippen LogP contribution < -0.4 is 0 Å². The number of hydrogen-bond donors (Lipinski definition) is 1. The third kappa shape index (κ3) is 10.6. The van der Waals surface area contributed by atoms with Crippen molar-refractivity contribution in [3.8, 4) is 6.07 Å². The zero-order chi connectivity index (χ0) is 23.3. The second kappa shape index (κ2) is 13.9. The Balaban J connectivity index is 0.000000450. The molecule has 1 atom stereocenters. The van der Waals surface area contributed by atoms with Crippen molar-refractivity contribution >= 4 is 21.7 Å². The molecule has 0 radical (unpaired) electrons. The summed E-state index contributed by atoms with van der Waals surface area (Å²) in [6.45, 7) is 7.43. The molecule has 2 aromatic rings. The zero-order valence-electron chi connectivity index (χ0n) is 17.6. The lowest BCUT2D eigenvalue weighted by molar-refractivity contribution is -0.137. The summed E-state index contributed by atoms with van der Waals surface area (Å²) in [4.78, 5) is 9.93. The molecule has 0 heterocycles. The number of nitriles is 1. The topological polar surface area (TPSA) is 61.1 Å². The number of hydrogen-bond acceptors (Lipinski definition) is 3. The summed E-state index contributed by atoms with van der Waals surface area (Å²) in [5, 5.41) is 16.4. The van der Waals surface area contributed by atoms with Crippen LogP contribution in [0.4, 0.5) is 13.2 Å². The predicted molar refractivity (Wildman–Crippen MR) is 116 cm³/mol. The number of rotatable bonds is 4. The summed E-state index contributed by atoms with van der Waals surface area (Å²) in [5.41, 5.74) is 0.718. The van der Waals surface area contributed by atoms with Gasteiger partial charge in [-0.15, -0.1) is 0 Å². The highest BCUT2D eigenvalue weighted by Crippen LogP contribution is 2.32. The number of aliphatic hydroxyl groups is 1. The van der Waals surface area contributed by atoms with E-state index in [-0.39, 0.29) is 18.0 Å². The summed E-state index contributed by atoms with van der Waals surface area (Å²) in [7, 11) is 0. The van der Waals surface area contributed by atoms with Gasteiger partial charge in [-0.05, 0) is 49.1 Å². The van der Waals surface area contributed by atoms with E-state index in [1.54, 1.807) is 13.8 Å². The molecule has 0 saturated heterocycles. The normalized spacial score (nSPS) is 11.2. The molecular weight excluding hydrogens is 459 g/mol. The van der Waals surface area contributed by atoms with Crippen molar-refractivity contribution in [3.05, 3.63) is 69.2 Å². The molecular formula is C23H27BrF3NO2. The number of nitrogens with zero attached hydrogens (tertiary/aromatic N) is 1. The fourth-order valence-electron chi connectivity index (χ4n) is 2.13. The molecule has 2 rings (SSSR count). The molecule has 0 aromatic heterocycles. The van der Waals surface area contributed by atoms with Crippen molar-refractivity contribution in [1.29, 1.82) is 5.26 Å². The van der Waals surface area contributed by atoms with Crippen LogP contribution in [-0.4, -0.2) is 17.5 Å². The minimum absolute atomic E-state index is 0.102. The number of benzene rings is 2. The van der Waals surface area contributed by atoms with E-state index >= 15 is 0 Å². The first-order chi connectivity index (χ1) is 14.0. The summed E-state index contributed by atoms with van der Waals surface area (Å²) < 4.78 is 37.9. The highest BCUT2D eigenvalue weighted by molar-refractivity contribution is 9.10. The van der Waals surface area contributed by atoms with Gasteiger partial charge >= 0.3 is 6.18 Å². The number of Topliss-reactive ketones (excluding diaryl/α,β-unsaturated/α-hetero) is 1. The van der Waals surface area contributed by atoms with Gasteiger partial charge in [-0.3, -0.25) is 4.79 Å². The Hall–Kier alpha value is -2.17. The van der Waals surface area contributed by atoms with Crippen LogP contribution in [0.1, 0.15) is 61.8 Å². The van der Waals surface area contributed by atoms with E-state index in [0.717, 1.165) is 10.5 Å². The van der Waals surface area contributed by atoms with Crippen molar-refractivity contribution in [2.45, 2.75) is 52.6 Å². The van der Waals surface area contributed by atoms with Crippen LogP contribution in [0, 0.1) is 18.3 Å². The van der Waals surface area contributed by atoms with Crippen LogP contribution in [0.2, 0.25) is 0 Å². The Morgan fingerprint density at radius 1 is 1.17 bits per heavy atom. The number of aliphatic hydroxyl groups excluding tert-OH is 1. The fraction of sp³-hybridized carbons (Fsp3) is 0.391. The van der Waals surface area contributed by atoms with Crippen molar-refractivity contribution in [2.24, 2.45) is 0 Å². The van der Waals surface area contributed by atoms with E-state index in [1.165, 1.54) is 30.2 Å². The van der Waals surface area contributed by atoms with Gasteiger partial charge in [0.25, 0.3) is 0 Å². The first-order valence-corrected chi connectivity index (χ1v) is 10.2. The molecule has 30 heavy (non-hydrogen) atoms. The Labute approximate surface area is 184 Å². The molecule has 0 bridgehead atoms. The summed E-state index contributed by atoms with van der Waals surface area (Å²) >= 11 is 3.42. The Morgan fingerprint density at radius 2 is 1.73 bits per heavy atom. The van der Waals surface area contributed by atoms with Crippen LogP contribution in [0.3, 0.4) is 0 Å². The highest BCUT2D eigenvalue weighted by atomic mass is 79.9. The van der Waals surface area contributed by atoms with Crippen LogP contribution in [-0.2, 0) is 11.0 Å². The van der Waals surface area contributed by atoms with E-state index in [2.05, 4.69) is 54.0 Å². The SMILES string of the molecule is CCC(=O)CO.CCC(C)c1ccc(Br)cc1.Cc1ccc(C#N)c(C(F)(F)F)c1. The lowest BCUT2D eigenvalue weighted by Crippen LogP contribution is -2.07. The molecule has 164 valence electrons. The van der Waals surface area contributed by atoms with Crippen molar-refractivity contribution in [3.63, 3.8) is 0 Å². The Morgan fingerprint density at radius 3 is 2.10 bits per heavy atom. The van der Waals surface area contributed by atoms with E-state index in [9.17, 15) is 18.0 Å². The van der Waals surface area contributed by atoms with Gasteiger partial charge in [0, 0.05) is 10.9 Å². The minimum Gasteiger partial charge on any atom is -0.389 e. The number of halogens is 4. The molecule has 1 unspecified atom stereocenters. The summed E-state index contributed by atoms with van der Waals surface area (Å²) in [6.07, 6.45) is -2.80. The molecule has 0 aliphatic carbocycles. The molecule has 0 aliphatic rings. The van der Waals surface area contributed by atoms with Crippen LogP contribution in [0.5, 0.6) is 0 Å². The molecule has 3 nitrogen and oxygen atoms in total. The predicted octanol–water partition coefficient (Wildman–Crippen LogP) is 6.81. The zero-order valence-corrected chi connectivity index (χ0v) is 19.1. The van der Waals surface area contributed by atoms with E-state index in [0.29, 0.717) is 17.9 Å². The largest absolute Gasteiger partial charge is 0.417 e. The molecule has 0 aliphatic heterocycles. The van der Waals surface area contributed by atoms with E-state index in [1.807, 2.05) is 0 Å². The van der Waals surface area contributed by atoms with E-state index < -0.39 is 11.7 Å². The maximum Gasteiger partial charge on any atom is 0.417 e. The van der Waals surface area contributed by atoms with Gasteiger partial charge in [0.15, 0.2) is 5.78 Å². The number of carbonyl (C=O) groups is 1. The number of aryl methyl sites for hydroxylation is 1. The molecule has 0 fully saturated rings.